The Morgan fingerprint density at radius 3 is 1.65 bits per heavy atom. The maximum Gasteiger partial charge on any atom is 0.323 e. The second-order valence-electron chi connectivity index (χ2n) is 5.96. The van der Waals surface area contributed by atoms with Gasteiger partial charge in [0.25, 0.3) is 0 Å². The first-order valence-corrected chi connectivity index (χ1v) is 7.60. The minimum atomic E-state index is -0.757. The maximum absolute atomic E-state index is 11.2. The molecule has 0 aliphatic carbocycles. The lowest BCUT2D eigenvalue weighted by Crippen LogP contribution is -2.33. The third-order valence-electron chi connectivity index (χ3n) is 4.44. The number of likely N-dealkylation sites (N-methyl/N-ethyl adjacent to an activating group) is 2. The number of nitrogens with zero attached hydrogens (tertiary/aromatic N) is 2. The molecule has 2 fully saturated rings. The van der Waals surface area contributed by atoms with Crippen LogP contribution in [0.15, 0.2) is 0 Å². The molecule has 1 N–H and O–H groups in total. The van der Waals surface area contributed by atoms with Gasteiger partial charge >= 0.3 is 11.9 Å². The van der Waals surface area contributed by atoms with Crippen molar-refractivity contribution < 1.29 is 28.9 Å². The van der Waals surface area contributed by atoms with Crippen molar-refractivity contribution in [1.29, 1.82) is 0 Å². The molecule has 2 rings (SSSR count). The van der Waals surface area contributed by atoms with E-state index in [0.29, 0.717) is 13.0 Å². The second kappa shape index (κ2) is 9.17. The zero-order valence-corrected chi connectivity index (χ0v) is 14.5. The number of carboxylic acid groups (broad SMARTS) is 1. The van der Waals surface area contributed by atoms with Crippen molar-refractivity contribution in [3.8, 4) is 0 Å². The molecule has 0 radical (unpaired) electrons. The van der Waals surface area contributed by atoms with Crippen LogP contribution in [0.4, 0.5) is 0 Å². The zero-order chi connectivity index (χ0) is 17.6. The number of likely N-dealkylation sites (tertiary alicyclic amines) is 2. The van der Waals surface area contributed by atoms with Crippen molar-refractivity contribution in [2.75, 3.05) is 48.5 Å². The Kier molecular flexibility index (Phi) is 7.90. The van der Waals surface area contributed by atoms with Gasteiger partial charge in [-0.15, -0.1) is 0 Å². The Hall–Kier alpha value is -1.22. The molecule has 23 heavy (non-hydrogen) atoms. The van der Waals surface area contributed by atoms with E-state index in [2.05, 4.69) is 4.74 Å². The normalized spacial score (nSPS) is 31.5. The molecule has 4 atom stereocenters. The summed E-state index contributed by atoms with van der Waals surface area (Å²) in [6, 6.07) is -0.486. The van der Waals surface area contributed by atoms with Gasteiger partial charge in [-0.3, -0.25) is 19.4 Å². The molecule has 0 aromatic heterocycles. The van der Waals surface area contributed by atoms with Crippen molar-refractivity contribution in [3.63, 3.8) is 0 Å². The number of carbonyl (C=O) groups excluding carboxylic acids is 1. The van der Waals surface area contributed by atoms with Crippen LogP contribution in [0.1, 0.15) is 12.8 Å². The summed E-state index contributed by atoms with van der Waals surface area (Å²) in [5.74, 6) is -0.927. The molecule has 2 heterocycles. The Morgan fingerprint density at radius 2 is 1.35 bits per heavy atom. The molecule has 2 aliphatic heterocycles. The minimum absolute atomic E-state index is 0.0844. The third kappa shape index (κ3) is 5.42. The number of esters is 1. The topological polar surface area (TPSA) is 88.5 Å². The molecule has 134 valence electrons. The number of rotatable bonds is 4. The summed E-state index contributed by atoms with van der Waals surface area (Å²) in [4.78, 5) is 25.5. The smallest absolute Gasteiger partial charge is 0.323 e. The maximum atomic E-state index is 11.2. The van der Waals surface area contributed by atoms with E-state index in [1.54, 1.807) is 26.2 Å². The van der Waals surface area contributed by atoms with E-state index >= 15 is 0 Å². The molecular weight excluding hydrogens is 304 g/mol. The van der Waals surface area contributed by atoms with Gasteiger partial charge in [-0.1, -0.05) is 0 Å². The van der Waals surface area contributed by atoms with Gasteiger partial charge in [-0.25, -0.2) is 0 Å². The van der Waals surface area contributed by atoms with E-state index < -0.39 is 5.97 Å². The Labute approximate surface area is 137 Å². The molecule has 0 unspecified atom stereocenters. The predicted molar refractivity (Wildman–Crippen MR) is 83.3 cm³/mol. The highest BCUT2D eigenvalue weighted by atomic mass is 16.5. The molecule has 0 spiro atoms. The Morgan fingerprint density at radius 1 is 0.913 bits per heavy atom. The zero-order valence-electron chi connectivity index (χ0n) is 14.5. The second-order valence-corrected chi connectivity index (χ2v) is 5.96. The highest BCUT2D eigenvalue weighted by molar-refractivity contribution is 5.76. The highest BCUT2D eigenvalue weighted by Gasteiger charge is 2.35. The fraction of sp³-hybridized carbons (Fsp3) is 0.867. The largest absolute Gasteiger partial charge is 0.480 e. The van der Waals surface area contributed by atoms with Crippen LogP contribution in [0, 0.1) is 0 Å². The lowest BCUT2D eigenvalue weighted by Gasteiger charge is -2.15. The van der Waals surface area contributed by atoms with Gasteiger partial charge in [0.05, 0.1) is 19.3 Å². The van der Waals surface area contributed by atoms with Crippen LogP contribution in [0.5, 0.6) is 0 Å². The summed E-state index contributed by atoms with van der Waals surface area (Å²) in [6.45, 7) is 1.52. The van der Waals surface area contributed by atoms with E-state index in [1.807, 2.05) is 11.9 Å². The van der Waals surface area contributed by atoms with Gasteiger partial charge in [0.2, 0.25) is 0 Å². The fourth-order valence-electron chi connectivity index (χ4n) is 2.95. The van der Waals surface area contributed by atoms with Crippen LogP contribution in [-0.4, -0.2) is 99.7 Å². The average molecular weight is 332 g/mol. The van der Waals surface area contributed by atoms with Crippen molar-refractivity contribution in [2.45, 2.75) is 37.1 Å². The average Bonchev–Trinajstić information content (AvgIpc) is 3.09. The van der Waals surface area contributed by atoms with Crippen LogP contribution < -0.4 is 0 Å². The molecule has 0 aromatic carbocycles. The standard InChI is InChI=1S/C8H15NO3.C7H13NO3/c1-9-5-6(11-2)4-7(9)8(10)12-3;1-8-4-5(11-2)3-6(8)7(9)10/h6-7H,4-5H2,1-3H3;5-6H,3-4H2,1-2H3,(H,9,10)/t6-,7-;5-,6-/m11/s1. The monoisotopic (exact) mass is 332 g/mol. The van der Waals surface area contributed by atoms with Crippen LogP contribution in [0.2, 0.25) is 0 Å². The minimum Gasteiger partial charge on any atom is -0.480 e. The molecule has 0 amide bonds. The van der Waals surface area contributed by atoms with Gasteiger partial charge in [-0.2, -0.15) is 0 Å². The van der Waals surface area contributed by atoms with Crippen LogP contribution in [-0.2, 0) is 23.8 Å². The lowest BCUT2D eigenvalue weighted by molar-refractivity contribution is -0.145. The van der Waals surface area contributed by atoms with Gasteiger partial charge in [0.1, 0.15) is 12.1 Å². The molecule has 2 aliphatic rings. The molecule has 8 heteroatoms. The number of hydrogen-bond donors (Lipinski definition) is 1. The molecule has 0 saturated carbocycles. The SMILES string of the molecule is COC(=O)[C@H]1C[C@@H](OC)CN1C.CO[C@@H]1C[C@H](C(=O)O)N(C)C1. The van der Waals surface area contributed by atoms with Crippen LogP contribution >= 0.6 is 0 Å². The number of carbonyl (C=O) groups is 2. The van der Waals surface area contributed by atoms with Gasteiger partial charge in [0.15, 0.2) is 0 Å². The fourth-order valence-corrected chi connectivity index (χ4v) is 2.95. The molecule has 2 saturated heterocycles. The summed E-state index contributed by atoms with van der Waals surface area (Å²) in [7, 11) is 8.40. The van der Waals surface area contributed by atoms with Crippen molar-refractivity contribution >= 4 is 11.9 Å². The first kappa shape index (κ1) is 19.8. The highest BCUT2D eigenvalue weighted by Crippen LogP contribution is 2.19. The quantitative estimate of drug-likeness (QED) is 0.700. The number of methoxy groups -OCH3 is 3. The van der Waals surface area contributed by atoms with Crippen molar-refractivity contribution in [3.05, 3.63) is 0 Å². The van der Waals surface area contributed by atoms with Crippen LogP contribution in [0.25, 0.3) is 0 Å². The Balaban J connectivity index is 0.000000231. The van der Waals surface area contributed by atoms with Gasteiger partial charge in [-0.05, 0) is 14.1 Å². The summed E-state index contributed by atoms with van der Waals surface area (Å²) < 4.78 is 14.9. The van der Waals surface area contributed by atoms with Crippen molar-refractivity contribution in [2.24, 2.45) is 0 Å². The van der Waals surface area contributed by atoms with Crippen LogP contribution in [0.3, 0.4) is 0 Å². The molecule has 8 nitrogen and oxygen atoms in total. The van der Waals surface area contributed by atoms with E-state index in [9.17, 15) is 9.59 Å². The van der Waals surface area contributed by atoms with E-state index in [1.165, 1.54) is 7.11 Å². The summed E-state index contributed by atoms with van der Waals surface area (Å²) in [6.07, 6.45) is 1.59. The van der Waals surface area contributed by atoms with E-state index in [-0.39, 0.29) is 30.3 Å². The number of hydrogen-bond acceptors (Lipinski definition) is 7. The van der Waals surface area contributed by atoms with Gasteiger partial charge in [0, 0.05) is 40.2 Å². The van der Waals surface area contributed by atoms with E-state index in [4.69, 9.17) is 14.6 Å². The lowest BCUT2D eigenvalue weighted by atomic mass is 10.2. The van der Waals surface area contributed by atoms with E-state index in [0.717, 1.165) is 13.0 Å². The van der Waals surface area contributed by atoms with Gasteiger partial charge < -0.3 is 19.3 Å². The van der Waals surface area contributed by atoms with Crippen molar-refractivity contribution in [1.82, 2.24) is 9.80 Å². The molecular formula is C15H28N2O6. The number of aliphatic carboxylic acids is 1. The summed E-state index contributed by atoms with van der Waals surface area (Å²) in [5, 5.41) is 8.70. The number of carboxylic acids is 1. The Bertz CT molecular complexity index is 405. The first-order chi connectivity index (χ1) is 10.8. The molecule has 0 aromatic rings. The molecule has 0 bridgehead atoms. The third-order valence-corrected chi connectivity index (χ3v) is 4.44. The summed E-state index contributed by atoms with van der Waals surface area (Å²) in [5.41, 5.74) is 0. The predicted octanol–water partition coefficient (Wildman–Crippen LogP) is -0.331. The first-order valence-electron chi connectivity index (χ1n) is 7.60. The summed E-state index contributed by atoms with van der Waals surface area (Å²) >= 11 is 0. The number of ether oxygens (including phenoxy) is 3.